The zero-order valence-corrected chi connectivity index (χ0v) is 10.2. The molecular weight excluding hydrogens is 260 g/mol. The average molecular weight is 278 g/mol. The smallest absolute Gasteiger partial charge is 0.330 e. The molecule has 4 N–H and O–H groups in total. The molecule has 0 radical (unpaired) electrons. The molecule has 0 amide bonds. The van der Waals surface area contributed by atoms with Crippen LogP contribution in [-0.4, -0.2) is 76.9 Å². The number of esters is 1. The first kappa shape index (κ1) is 16.0. The molecule has 0 aromatic heterocycles. The first-order valence-corrected chi connectivity index (χ1v) is 5.72. The second kappa shape index (κ2) is 7.53. The lowest BCUT2D eigenvalue weighted by molar-refractivity contribution is -0.297. The zero-order valence-electron chi connectivity index (χ0n) is 10.2. The fraction of sp³-hybridized carbons (Fsp3) is 0.727. The largest absolute Gasteiger partial charge is 0.460 e. The summed E-state index contributed by atoms with van der Waals surface area (Å²) in [6.07, 6.45) is -5.58. The quantitative estimate of drug-likeness (QED) is 0.239. The van der Waals surface area contributed by atoms with E-state index < -0.39 is 43.3 Å². The van der Waals surface area contributed by atoms with Gasteiger partial charge in [0.25, 0.3) is 0 Å². The van der Waals surface area contributed by atoms with Crippen LogP contribution in [0, 0.1) is 0 Å². The molecule has 0 spiro atoms. The summed E-state index contributed by atoms with van der Waals surface area (Å²) >= 11 is 0. The van der Waals surface area contributed by atoms with Crippen molar-refractivity contribution in [2.75, 3.05) is 19.8 Å². The van der Waals surface area contributed by atoms with Crippen LogP contribution in [0.3, 0.4) is 0 Å². The molecule has 0 aromatic rings. The van der Waals surface area contributed by atoms with Crippen molar-refractivity contribution in [3.63, 3.8) is 0 Å². The highest BCUT2D eigenvalue weighted by Gasteiger charge is 2.44. The van der Waals surface area contributed by atoms with E-state index in [9.17, 15) is 20.1 Å². The Labute approximate surface area is 109 Å². The number of aliphatic hydroxyl groups is 4. The first-order valence-electron chi connectivity index (χ1n) is 5.72. The Hall–Kier alpha value is -1.03. The molecule has 8 nitrogen and oxygen atoms in total. The molecule has 1 unspecified atom stereocenters. The van der Waals surface area contributed by atoms with Crippen LogP contribution < -0.4 is 0 Å². The zero-order chi connectivity index (χ0) is 14.4. The van der Waals surface area contributed by atoms with Gasteiger partial charge in [-0.05, 0) is 0 Å². The Bertz CT molecular complexity index is 307. The summed E-state index contributed by atoms with van der Waals surface area (Å²) < 4.78 is 14.6. The first-order chi connectivity index (χ1) is 9.01. The SMILES string of the molecule is C=CC(=O)OCCO[C@H]1C(O)O[C@H](CO)[C@@H](O)[C@@H]1O. The van der Waals surface area contributed by atoms with Gasteiger partial charge in [0.05, 0.1) is 13.2 Å². The minimum atomic E-state index is -1.49. The minimum Gasteiger partial charge on any atom is -0.460 e. The lowest BCUT2D eigenvalue weighted by Crippen LogP contribution is -2.59. The maximum atomic E-state index is 10.7. The standard InChI is InChI=1S/C11H18O8/c1-2-7(13)17-3-4-18-10-9(15)8(14)6(5-12)19-11(10)16/h2,6,8-12,14-16H,1,3-5H2/t6-,8-,9+,10-,11?/m1/s1. The normalized spacial score (nSPS) is 34.8. The van der Waals surface area contributed by atoms with Crippen LogP contribution >= 0.6 is 0 Å². The summed E-state index contributed by atoms with van der Waals surface area (Å²) in [5.41, 5.74) is 0. The molecule has 1 fully saturated rings. The topological polar surface area (TPSA) is 126 Å². The van der Waals surface area contributed by atoms with Crippen molar-refractivity contribution in [1.82, 2.24) is 0 Å². The third-order valence-electron chi connectivity index (χ3n) is 2.65. The third kappa shape index (κ3) is 4.23. The Morgan fingerprint density at radius 3 is 2.53 bits per heavy atom. The van der Waals surface area contributed by atoms with Gasteiger partial charge >= 0.3 is 5.97 Å². The van der Waals surface area contributed by atoms with Crippen molar-refractivity contribution >= 4 is 5.97 Å². The second-order valence-electron chi connectivity index (χ2n) is 3.94. The molecule has 0 saturated carbocycles. The summed E-state index contributed by atoms with van der Waals surface area (Å²) in [6, 6.07) is 0. The molecule has 5 atom stereocenters. The Morgan fingerprint density at radius 2 is 1.95 bits per heavy atom. The van der Waals surface area contributed by atoms with Gasteiger partial charge in [0, 0.05) is 6.08 Å². The number of hydrogen-bond donors (Lipinski definition) is 4. The fourth-order valence-corrected chi connectivity index (χ4v) is 1.64. The minimum absolute atomic E-state index is 0.0969. The summed E-state index contributed by atoms with van der Waals surface area (Å²) in [7, 11) is 0. The van der Waals surface area contributed by atoms with E-state index in [0.29, 0.717) is 0 Å². The maximum Gasteiger partial charge on any atom is 0.330 e. The summed E-state index contributed by atoms with van der Waals surface area (Å²) in [5, 5.41) is 37.7. The molecule has 1 aliphatic rings. The molecule has 1 aliphatic heterocycles. The van der Waals surface area contributed by atoms with Crippen molar-refractivity contribution in [1.29, 1.82) is 0 Å². The Kier molecular flexibility index (Phi) is 6.35. The van der Waals surface area contributed by atoms with Crippen molar-refractivity contribution in [2.45, 2.75) is 30.7 Å². The van der Waals surface area contributed by atoms with E-state index in [-0.39, 0.29) is 13.2 Å². The number of ether oxygens (including phenoxy) is 3. The summed E-state index contributed by atoms with van der Waals surface area (Å²) in [5.74, 6) is -0.620. The van der Waals surface area contributed by atoms with E-state index in [2.05, 4.69) is 11.3 Å². The molecule has 8 heteroatoms. The van der Waals surface area contributed by atoms with Crippen LogP contribution in [0.5, 0.6) is 0 Å². The lowest BCUT2D eigenvalue weighted by atomic mass is 9.99. The van der Waals surface area contributed by atoms with Crippen LogP contribution in [0.2, 0.25) is 0 Å². The van der Waals surface area contributed by atoms with Gasteiger partial charge in [0.1, 0.15) is 31.0 Å². The fourth-order valence-electron chi connectivity index (χ4n) is 1.64. The van der Waals surface area contributed by atoms with Crippen molar-refractivity contribution in [2.24, 2.45) is 0 Å². The van der Waals surface area contributed by atoms with E-state index in [1.54, 1.807) is 0 Å². The molecule has 0 aliphatic carbocycles. The number of carbonyl (C=O) groups excluding carboxylic acids is 1. The van der Waals surface area contributed by atoms with Gasteiger partial charge in [0.15, 0.2) is 6.29 Å². The van der Waals surface area contributed by atoms with Crippen LogP contribution in [0.15, 0.2) is 12.7 Å². The maximum absolute atomic E-state index is 10.7. The van der Waals surface area contributed by atoms with Crippen LogP contribution in [-0.2, 0) is 19.0 Å². The van der Waals surface area contributed by atoms with Gasteiger partial charge in [-0.2, -0.15) is 0 Å². The predicted octanol–water partition coefficient (Wildman–Crippen LogP) is -2.47. The van der Waals surface area contributed by atoms with Crippen molar-refractivity contribution in [3.8, 4) is 0 Å². The number of aliphatic hydroxyl groups excluding tert-OH is 4. The average Bonchev–Trinajstić information content (AvgIpc) is 2.41. The van der Waals surface area contributed by atoms with Crippen molar-refractivity contribution in [3.05, 3.63) is 12.7 Å². The Balaban J connectivity index is 2.40. The highest BCUT2D eigenvalue weighted by Crippen LogP contribution is 2.21. The van der Waals surface area contributed by atoms with Gasteiger partial charge in [-0.15, -0.1) is 0 Å². The number of rotatable bonds is 6. The number of carbonyl (C=O) groups is 1. The van der Waals surface area contributed by atoms with E-state index in [1.807, 2.05) is 0 Å². The van der Waals surface area contributed by atoms with Gasteiger partial charge in [0.2, 0.25) is 0 Å². The molecule has 1 heterocycles. The van der Waals surface area contributed by atoms with Gasteiger partial charge in [-0.25, -0.2) is 4.79 Å². The van der Waals surface area contributed by atoms with E-state index in [1.165, 1.54) is 0 Å². The van der Waals surface area contributed by atoms with Crippen molar-refractivity contribution < 1.29 is 39.4 Å². The summed E-state index contributed by atoms with van der Waals surface area (Å²) in [4.78, 5) is 10.7. The molecular formula is C11H18O8. The molecule has 0 aromatic carbocycles. The molecule has 0 bridgehead atoms. The van der Waals surface area contributed by atoms with Crippen LogP contribution in [0.1, 0.15) is 0 Å². The van der Waals surface area contributed by atoms with Gasteiger partial charge in [-0.1, -0.05) is 6.58 Å². The summed E-state index contributed by atoms with van der Waals surface area (Å²) in [6.45, 7) is 2.47. The van der Waals surface area contributed by atoms with E-state index >= 15 is 0 Å². The third-order valence-corrected chi connectivity index (χ3v) is 2.65. The molecule has 1 saturated heterocycles. The molecule has 1 rings (SSSR count). The number of hydrogen-bond acceptors (Lipinski definition) is 8. The lowest BCUT2D eigenvalue weighted by Gasteiger charge is -2.39. The van der Waals surface area contributed by atoms with E-state index in [4.69, 9.17) is 14.6 Å². The van der Waals surface area contributed by atoms with Crippen LogP contribution in [0.25, 0.3) is 0 Å². The highest BCUT2D eigenvalue weighted by molar-refractivity contribution is 5.81. The van der Waals surface area contributed by atoms with Gasteiger partial charge < -0.3 is 34.6 Å². The predicted molar refractivity (Wildman–Crippen MR) is 60.9 cm³/mol. The molecule has 110 valence electrons. The highest BCUT2D eigenvalue weighted by atomic mass is 16.7. The Morgan fingerprint density at radius 1 is 1.26 bits per heavy atom. The van der Waals surface area contributed by atoms with E-state index in [0.717, 1.165) is 6.08 Å². The monoisotopic (exact) mass is 278 g/mol. The van der Waals surface area contributed by atoms with Gasteiger partial charge in [-0.3, -0.25) is 0 Å². The second-order valence-corrected chi connectivity index (χ2v) is 3.94. The molecule has 19 heavy (non-hydrogen) atoms. The van der Waals surface area contributed by atoms with Crippen LogP contribution in [0.4, 0.5) is 0 Å².